The lowest BCUT2D eigenvalue weighted by Crippen LogP contribution is -2.28. The van der Waals surface area contributed by atoms with Crippen LogP contribution in [0.1, 0.15) is 32.1 Å². The van der Waals surface area contributed by atoms with Gasteiger partial charge >= 0.3 is 0 Å². The standard InChI is InChI=1S/C17H26N2O3.ClH/c1-21-15-11-14(12-16(13-15)22-2)18-17(20)7-10-19-8-5-3-4-6-9-19;/h11-13H,3-10H2,1-2H3,(H,18,20);1H. The first-order valence-electron chi connectivity index (χ1n) is 7.96. The molecule has 0 atom stereocenters. The Morgan fingerprint density at radius 2 is 1.61 bits per heavy atom. The molecule has 0 bridgehead atoms. The SMILES string of the molecule is COc1cc(NC(=O)CCN2CCCCCC2)cc(OC)c1.Cl. The number of methoxy groups -OCH3 is 2. The van der Waals surface area contributed by atoms with Gasteiger partial charge in [0.15, 0.2) is 0 Å². The van der Waals surface area contributed by atoms with Gasteiger partial charge in [0.2, 0.25) is 5.91 Å². The summed E-state index contributed by atoms with van der Waals surface area (Å²) in [4.78, 5) is 14.5. The summed E-state index contributed by atoms with van der Waals surface area (Å²) >= 11 is 0. The number of carbonyl (C=O) groups excluding carboxylic acids is 1. The highest BCUT2D eigenvalue weighted by molar-refractivity contribution is 5.91. The molecule has 1 saturated heterocycles. The number of ether oxygens (including phenoxy) is 2. The zero-order chi connectivity index (χ0) is 15.8. The smallest absolute Gasteiger partial charge is 0.225 e. The molecule has 1 amide bonds. The minimum Gasteiger partial charge on any atom is -0.497 e. The molecule has 0 aromatic heterocycles. The van der Waals surface area contributed by atoms with Crippen LogP contribution in [0, 0.1) is 0 Å². The molecule has 1 aromatic carbocycles. The van der Waals surface area contributed by atoms with Crippen molar-refractivity contribution in [3.8, 4) is 11.5 Å². The molecule has 0 unspecified atom stereocenters. The van der Waals surface area contributed by atoms with Crippen molar-refractivity contribution < 1.29 is 14.3 Å². The summed E-state index contributed by atoms with van der Waals surface area (Å²) in [5.41, 5.74) is 0.706. The van der Waals surface area contributed by atoms with Crippen LogP contribution in [-0.2, 0) is 4.79 Å². The van der Waals surface area contributed by atoms with E-state index < -0.39 is 0 Å². The molecule has 0 aliphatic carbocycles. The van der Waals surface area contributed by atoms with Crippen molar-refractivity contribution in [1.82, 2.24) is 4.90 Å². The molecule has 2 rings (SSSR count). The maximum atomic E-state index is 12.1. The van der Waals surface area contributed by atoms with Gasteiger partial charge in [0, 0.05) is 36.9 Å². The highest BCUT2D eigenvalue weighted by Crippen LogP contribution is 2.25. The zero-order valence-electron chi connectivity index (χ0n) is 14.0. The van der Waals surface area contributed by atoms with E-state index in [1.807, 2.05) is 0 Å². The van der Waals surface area contributed by atoms with E-state index in [1.54, 1.807) is 32.4 Å². The molecule has 1 fully saturated rings. The lowest BCUT2D eigenvalue weighted by molar-refractivity contribution is -0.116. The van der Waals surface area contributed by atoms with Gasteiger partial charge in [-0.3, -0.25) is 4.79 Å². The Hall–Kier alpha value is -1.46. The first-order chi connectivity index (χ1) is 10.7. The van der Waals surface area contributed by atoms with Crippen molar-refractivity contribution in [3.05, 3.63) is 18.2 Å². The Labute approximate surface area is 144 Å². The third-order valence-electron chi connectivity index (χ3n) is 3.99. The fraction of sp³-hybridized carbons (Fsp3) is 0.588. The van der Waals surface area contributed by atoms with E-state index in [-0.39, 0.29) is 18.3 Å². The van der Waals surface area contributed by atoms with Gasteiger partial charge in [-0.15, -0.1) is 12.4 Å². The first kappa shape index (κ1) is 19.6. The van der Waals surface area contributed by atoms with Crippen molar-refractivity contribution in [1.29, 1.82) is 0 Å². The van der Waals surface area contributed by atoms with Crippen LogP contribution in [0.25, 0.3) is 0 Å². The van der Waals surface area contributed by atoms with E-state index in [4.69, 9.17) is 9.47 Å². The molecule has 5 nitrogen and oxygen atoms in total. The highest BCUT2D eigenvalue weighted by atomic mass is 35.5. The quantitative estimate of drug-likeness (QED) is 0.861. The van der Waals surface area contributed by atoms with E-state index in [0.29, 0.717) is 23.6 Å². The van der Waals surface area contributed by atoms with E-state index in [2.05, 4.69) is 10.2 Å². The van der Waals surface area contributed by atoms with Gasteiger partial charge in [-0.2, -0.15) is 0 Å². The fourth-order valence-corrected chi connectivity index (χ4v) is 2.72. The van der Waals surface area contributed by atoms with Crippen LogP contribution in [0.5, 0.6) is 11.5 Å². The third kappa shape index (κ3) is 6.67. The number of rotatable bonds is 6. The van der Waals surface area contributed by atoms with E-state index >= 15 is 0 Å². The number of likely N-dealkylation sites (tertiary alicyclic amines) is 1. The molecule has 1 aliphatic heterocycles. The summed E-state index contributed by atoms with van der Waals surface area (Å²) in [6, 6.07) is 5.38. The molecule has 1 heterocycles. The molecule has 130 valence electrons. The van der Waals surface area contributed by atoms with Gasteiger partial charge in [0.25, 0.3) is 0 Å². The minimum absolute atomic E-state index is 0. The second-order valence-electron chi connectivity index (χ2n) is 5.66. The number of nitrogens with one attached hydrogen (secondary N) is 1. The van der Waals surface area contributed by atoms with Gasteiger partial charge < -0.3 is 19.7 Å². The molecule has 1 aromatic rings. The monoisotopic (exact) mass is 342 g/mol. The Balaban J connectivity index is 0.00000264. The predicted molar refractivity (Wildman–Crippen MR) is 94.9 cm³/mol. The van der Waals surface area contributed by atoms with Gasteiger partial charge in [0.1, 0.15) is 11.5 Å². The van der Waals surface area contributed by atoms with Crippen LogP contribution in [-0.4, -0.2) is 44.7 Å². The van der Waals surface area contributed by atoms with E-state index in [1.165, 1.54) is 25.7 Å². The summed E-state index contributed by atoms with van der Waals surface area (Å²) in [6.45, 7) is 3.05. The predicted octanol–water partition coefficient (Wildman–Crippen LogP) is 3.33. The zero-order valence-corrected chi connectivity index (χ0v) is 14.8. The number of nitrogens with zero attached hydrogens (tertiary/aromatic N) is 1. The second kappa shape index (κ2) is 10.3. The molecule has 0 radical (unpaired) electrons. The molecule has 0 spiro atoms. The number of anilines is 1. The summed E-state index contributed by atoms with van der Waals surface area (Å²) in [6.07, 6.45) is 5.63. The summed E-state index contributed by atoms with van der Waals surface area (Å²) < 4.78 is 10.4. The first-order valence-corrected chi connectivity index (χ1v) is 7.96. The normalized spacial score (nSPS) is 15.2. The number of halogens is 1. The van der Waals surface area contributed by atoms with E-state index in [0.717, 1.165) is 19.6 Å². The fourth-order valence-electron chi connectivity index (χ4n) is 2.72. The van der Waals surface area contributed by atoms with Crippen LogP contribution in [0.3, 0.4) is 0 Å². The lowest BCUT2D eigenvalue weighted by Gasteiger charge is -2.19. The molecule has 1 N–H and O–H groups in total. The van der Waals surface area contributed by atoms with Crippen LogP contribution in [0.15, 0.2) is 18.2 Å². The average Bonchev–Trinajstić information content (AvgIpc) is 2.81. The van der Waals surface area contributed by atoms with Crippen LogP contribution in [0.4, 0.5) is 5.69 Å². The Morgan fingerprint density at radius 1 is 1.04 bits per heavy atom. The van der Waals surface area contributed by atoms with Gasteiger partial charge in [-0.05, 0) is 25.9 Å². The highest BCUT2D eigenvalue weighted by Gasteiger charge is 2.11. The summed E-state index contributed by atoms with van der Waals surface area (Å²) in [5, 5.41) is 2.92. The maximum absolute atomic E-state index is 12.1. The number of hydrogen-bond donors (Lipinski definition) is 1. The topological polar surface area (TPSA) is 50.8 Å². The number of hydrogen-bond acceptors (Lipinski definition) is 4. The molecule has 0 saturated carbocycles. The lowest BCUT2D eigenvalue weighted by atomic mass is 10.2. The molecular weight excluding hydrogens is 316 g/mol. The molecule has 1 aliphatic rings. The van der Waals surface area contributed by atoms with E-state index in [9.17, 15) is 4.79 Å². The van der Waals surface area contributed by atoms with Crippen LogP contribution in [0.2, 0.25) is 0 Å². The summed E-state index contributed by atoms with van der Waals surface area (Å²) in [5.74, 6) is 1.36. The van der Waals surface area contributed by atoms with Crippen LogP contribution < -0.4 is 14.8 Å². The van der Waals surface area contributed by atoms with Gasteiger partial charge in [-0.1, -0.05) is 12.8 Å². The number of carbonyl (C=O) groups is 1. The second-order valence-corrected chi connectivity index (χ2v) is 5.66. The maximum Gasteiger partial charge on any atom is 0.225 e. The largest absolute Gasteiger partial charge is 0.497 e. The molecule has 6 heteroatoms. The third-order valence-corrected chi connectivity index (χ3v) is 3.99. The van der Waals surface area contributed by atoms with Gasteiger partial charge in [-0.25, -0.2) is 0 Å². The van der Waals surface area contributed by atoms with Crippen molar-refractivity contribution in [2.24, 2.45) is 0 Å². The van der Waals surface area contributed by atoms with Crippen LogP contribution >= 0.6 is 12.4 Å². The van der Waals surface area contributed by atoms with Crippen molar-refractivity contribution in [2.75, 3.05) is 39.2 Å². The Kier molecular flexibility index (Phi) is 8.81. The summed E-state index contributed by atoms with van der Waals surface area (Å²) in [7, 11) is 3.19. The Morgan fingerprint density at radius 3 is 2.13 bits per heavy atom. The Bertz CT molecular complexity index is 466. The molecule has 23 heavy (non-hydrogen) atoms. The van der Waals surface area contributed by atoms with Crippen molar-refractivity contribution in [2.45, 2.75) is 32.1 Å². The minimum atomic E-state index is 0. The molecular formula is C17H27ClN2O3. The number of amides is 1. The van der Waals surface area contributed by atoms with Crippen molar-refractivity contribution in [3.63, 3.8) is 0 Å². The average molecular weight is 343 g/mol. The number of benzene rings is 1. The van der Waals surface area contributed by atoms with Gasteiger partial charge in [0.05, 0.1) is 14.2 Å². The van der Waals surface area contributed by atoms with Crippen molar-refractivity contribution >= 4 is 24.0 Å².